The molecule has 1 fully saturated rings. The van der Waals surface area contributed by atoms with Gasteiger partial charge in [0.15, 0.2) is 0 Å². The summed E-state index contributed by atoms with van der Waals surface area (Å²) in [7, 11) is 0. The van der Waals surface area contributed by atoms with Crippen LogP contribution >= 0.6 is 11.8 Å². The number of carbonyl (C=O) groups excluding carboxylic acids is 1. The first-order chi connectivity index (χ1) is 11.3. The molecule has 0 bridgehead atoms. The maximum Gasteiger partial charge on any atom is 0.230 e. The third-order valence-corrected chi connectivity index (χ3v) is 6.21. The van der Waals surface area contributed by atoms with E-state index in [2.05, 4.69) is 10.5 Å². The summed E-state index contributed by atoms with van der Waals surface area (Å²) in [5.41, 5.74) is 1.02. The standard InChI is InChI=1S/C17H28N2O4S/c1-6-22-14-7-17(10-20,16(14,4)5)18-15(21)9-24-8-13-11(2)19-23-12(13)3/h14,20H,6-10H2,1-5H3,(H,18,21)/t14-,17+/m1/s1. The van der Waals surface area contributed by atoms with Crippen LogP contribution in [0.15, 0.2) is 4.52 Å². The van der Waals surface area contributed by atoms with E-state index >= 15 is 0 Å². The van der Waals surface area contributed by atoms with Gasteiger partial charge < -0.3 is 19.7 Å². The third-order valence-electron chi connectivity index (χ3n) is 5.25. The van der Waals surface area contributed by atoms with Crippen molar-refractivity contribution < 1.29 is 19.2 Å². The number of amides is 1. The number of ether oxygens (including phenoxy) is 1. The molecule has 1 saturated carbocycles. The minimum absolute atomic E-state index is 0.0601. The number of rotatable bonds is 8. The second-order valence-corrected chi connectivity index (χ2v) is 7.94. The number of hydrogen-bond acceptors (Lipinski definition) is 6. The van der Waals surface area contributed by atoms with E-state index in [1.807, 2.05) is 34.6 Å². The largest absolute Gasteiger partial charge is 0.394 e. The summed E-state index contributed by atoms with van der Waals surface area (Å²) in [4.78, 5) is 12.3. The summed E-state index contributed by atoms with van der Waals surface area (Å²) < 4.78 is 10.8. The predicted octanol–water partition coefficient (Wildman–Crippen LogP) is 2.21. The molecule has 1 heterocycles. The summed E-state index contributed by atoms with van der Waals surface area (Å²) in [6.07, 6.45) is 0.704. The first-order valence-electron chi connectivity index (χ1n) is 8.30. The Kier molecular flexibility index (Phi) is 5.99. The summed E-state index contributed by atoms with van der Waals surface area (Å²) in [6, 6.07) is 0. The Bertz CT molecular complexity index is 568. The van der Waals surface area contributed by atoms with Gasteiger partial charge in [0.05, 0.1) is 29.7 Å². The van der Waals surface area contributed by atoms with Gasteiger partial charge in [-0.15, -0.1) is 11.8 Å². The molecule has 2 N–H and O–H groups in total. The van der Waals surface area contributed by atoms with Crippen molar-refractivity contribution in [1.82, 2.24) is 10.5 Å². The molecule has 2 rings (SSSR count). The lowest BCUT2D eigenvalue weighted by atomic mass is 9.54. The Morgan fingerprint density at radius 3 is 2.71 bits per heavy atom. The van der Waals surface area contributed by atoms with Gasteiger partial charge in [0.2, 0.25) is 5.91 Å². The molecule has 1 aromatic heterocycles. The van der Waals surface area contributed by atoms with Crippen molar-refractivity contribution in [3.8, 4) is 0 Å². The zero-order chi connectivity index (χ0) is 18.0. The predicted molar refractivity (Wildman–Crippen MR) is 93.9 cm³/mol. The van der Waals surface area contributed by atoms with E-state index in [1.54, 1.807) is 0 Å². The van der Waals surface area contributed by atoms with Crippen LogP contribution in [0.25, 0.3) is 0 Å². The Balaban J connectivity index is 1.87. The molecule has 0 radical (unpaired) electrons. The van der Waals surface area contributed by atoms with Crippen LogP contribution < -0.4 is 5.32 Å². The van der Waals surface area contributed by atoms with Gasteiger partial charge in [-0.3, -0.25) is 4.79 Å². The molecule has 0 aliphatic heterocycles. The number of nitrogens with zero attached hydrogens (tertiary/aromatic N) is 1. The van der Waals surface area contributed by atoms with Crippen molar-refractivity contribution in [1.29, 1.82) is 0 Å². The maximum absolute atomic E-state index is 12.3. The molecule has 7 heteroatoms. The molecule has 0 aromatic carbocycles. The van der Waals surface area contributed by atoms with Crippen molar-refractivity contribution in [3.63, 3.8) is 0 Å². The molecular formula is C17H28N2O4S. The molecular weight excluding hydrogens is 328 g/mol. The average Bonchev–Trinajstić information content (AvgIpc) is 2.85. The number of thioether (sulfide) groups is 1. The molecule has 1 amide bonds. The highest BCUT2D eigenvalue weighted by Crippen LogP contribution is 2.51. The van der Waals surface area contributed by atoms with Crippen molar-refractivity contribution >= 4 is 17.7 Å². The van der Waals surface area contributed by atoms with Crippen LogP contribution in [0, 0.1) is 19.3 Å². The van der Waals surface area contributed by atoms with Crippen LogP contribution in [0.5, 0.6) is 0 Å². The number of hydrogen-bond donors (Lipinski definition) is 2. The second-order valence-electron chi connectivity index (χ2n) is 6.95. The summed E-state index contributed by atoms with van der Waals surface area (Å²) in [5.74, 6) is 1.75. The van der Waals surface area contributed by atoms with E-state index in [0.29, 0.717) is 24.5 Å². The maximum atomic E-state index is 12.3. The molecule has 0 spiro atoms. The first-order valence-corrected chi connectivity index (χ1v) is 9.46. The number of aliphatic hydroxyl groups is 1. The van der Waals surface area contributed by atoms with Gasteiger partial charge >= 0.3 is 0 Å². The van der Waals surface area contributed by atoms with Crippen molar-refractivity contribution in [3.05, 3.63) is 17.0 Å². The Labute approximate surface area is 147 Å². The van der Waals surface area contributed by atoms with Crippen LogP contribution in [0.2, 0.25) is 0 Å². The average molecular weight is 356 g/mol. The Hall–Kier alpha value is -1.05. The lowest BCUT2D eigenvalue weighted by Gasteiger charge is -2.60. The quantitative estimate of drug-likeness (QED) is 0.743. The highest BCUT2D eigenvalue weighted by atomic mass is 32.2. The highest BCUT2D eigenvalue weighted by Gasteiger charge is 2.61. The van der Waals surface area contributed by atoms with Crippen LogP contribution in [-0.2, 0) is 15.3 Å². The van der Waals surface area contributed by atoms with Gasteiger partial charge in [0.25, 0.3) is 0 Å². The van der Waals surface area contributed by atoms with Crippen molar-refractivity contribution in [2.24, 2.45) is 5.41 Å². The van der Waals surface area contributed by atoms with E-state index in [1.165, 1.54) is 11.8 Å². The monoisotopic (exact) mass is 356 g/mol. The number of carbonyl (C=O) groups is 1. The van der Waals surface area contributed by atoms with E-state index in [4.69, 9.17) is 9.26 Å². The van der Waals surface area contributed by atoms with Crippen molar-refractivity contribution in [2.45, 2.75) is 58.4 Å². The smallest absolute Gasteiger partial charge is 0.230 e. The van der Waals surface area contributed by atoms with Crippen LogP contribution in [0.3, 0.4) is 0 Å². The van der Waals surface area contributed by atoms with Crippen LogP contribution in [0.4, 0.5) is 0 Å². The lowest BCUT2D eigenvalue weighted by molar-refractivity contribution is -0.180. The number of aryl methyl sites for hydroxylation is 2. The minimum Gasteiger partial charge on any atom is -0.394 e. The van der Waals surface area contributed by atoms with Gasteiger partial charge in [-0.05, 0) is 20.8 Å². The molecule has 136 valence electrons. The molecule has 6 nitrogen and oxygen atoms in total. The van der Waals surface area contributed by atoms with Gasteiger partial charge in [-0.2, -0.15) is 0 Å². The molecule has 1 aliphatic rings. The fraction of sp³-hybridized carbons (Fsp3) is 0.765. The van der Waals surface area contributed by atoms with Crippen molar-refractivity contribution in [2.75, 3.05) is 19.0 Å². The highest BCUT2D eigenvalue weighted by molar-refractivity contribution is 7.99. The van der Waals surface area contributed by atoms with Gasteiger partial charge in [0.1, 0.15) is 5.76 Å². The van der Waals surface area contributed by atoms with E-state index in [0.717, 1.165) is 17.0 Å². The fourth-order valence-electron chi connectivity index (χ4n) is 3.26. The summed E-state index contributed by atoms with van der Waals surface area (Å²) in [6.45, 7) is 10.4. The third kappa shape index (κ3) is 3.48. The van der Waals surface area contributed by atoms with Gasteiger partial charge in [-0.1, -0.05) is 19.0 Å². The number of aromatic nitrogens is 1. The minimum atomic E-state index is -0.604. The molecule has 24 heavy (non-hydrogen) atoms. The van der Waals surface area contributed by atoms with E-state index < -0.39 is 5.54 Å². The molecule has 2 atom stereocenters. The SMILES string of the molecule is CCO[C@@H]1C[C@@](CO)(NC(=O)CSCc2c(C)noc2C)C1(C)C. The zero-order valence-corrected chi connectivity index (χ0v) is 16.0. The molecule has 1 aliphatic carbocycles. The normalized spacial score (nSPS) is 25.3. The molecule has 1 aromatic rings. The molecule has 0 unspecified atom stereocenters. The topological polar surface area (TPSA) is 84.6 Å². The summed E-state index contributed by atoms with van der Waals surface area (Å²) in [5, 5.41) is 16.8. The zero-order valence-electron chi connectivity index (χ0n) is 15.1. The van der Waals surface area contributed by atoms with Crippen LogP contribution in [0.1, 0.15) is 44.2 Å². The van der Waals surface area contributed by atoms with Gasteiger partial charge in [0, 0.05) is 29.8 Å². The number of nitrogens with one attached hydrogen (secondary N) is 1. The fourth-order valence-corrected chi connectivity index (χ4v) is 4.23. The number of aliphatic hydroxyl groups excluding tert-OH is 1. The molecule has 0 saturated heterocycles. The Morgan fingerprint density at radius 1 is 1.50 bits per heavy atom. The van der Waals surface area contributed by atoms with E-state index in [9.17, 15) is 9.90 Å². The first kappa shape index (κ1) is 19.3. The lowest BCUT2D eigenvalue weighted by Crippen LogP contribution is -2.74. The van der Waals surface area contributed by atoms with E-state index in [-0.39, 0.29) is 24.0 Å². The summed E-state index contributed by atoms with van der Waals surface area (Å²) >= 11 is 1.52. The van der Waals surface area contributed by atoms with Crippen LogP contribution in [-0.4, -0.2) is 46.8 Å². The Morgan fingerprint density at radius 2 is 2.21 bits per heavy atom. The van der Waals surface area contributed by atoms with Gasteiger partial charge in [-0.25, -0.2) is 0 Å². The second kappa shape index (κ2) is 7.45.